The summed E-state index contributed by atoms with van der Waals surface area (Å²) >= 11 is 4.38. The molecule has 1 aromatic rings. The van der Waals surface area contributed by atoms with Crippen LogP contribution in [0.4, 0.5) is 0 Å². The fourth-order valence-electron chi connectivity index (χ4n) is 1.99. The van der Waals surface area contributed by atoms with E-state index in [1.807, 2.05) is 45.9 Å². The molecule has 1 aliphatic heterocycles. The third-order valence-electron chi connectivity index (χ3n) is 4.10. The molecule has 1 fully saturated rings. The van der Waals surface area contributed by atoms with Crippen LogP contribution < -0.4 is 0 Å². The Morgan fingerprint density at radius 3 is 2.33 bits per heavy atom. The van der Waals surface area contributed by atoms with E-state index >= 15 is 0 Å². The maximum Gasteiger partial charge on any atom is 0.491 e. The number of thiol groups is 1. The van der Waals surface area contributed by atoms with Gasteiger partial charge in [0.2, 0.25) is 0 Å². The molecule has 0 bridgehead atoms. The van der Waals surface area contributed by atoms with Crippen molar-refractivity contribution in [3.63, 3.8) is 0 Å². The molecule has 0 aliphatic carbocycles. The van der Waals surface area contributed by atoms with Gasteiger partial charge in [-0.3, -0.25) is 4.98 Å². The van der Waals surface area contributed by atoms with Gasteiger partial charge in [0.15, 0.2) is 0 Å². The van der Waals surface area contributed by atoms with E-state index < -0.39 is 7.12 Å². The van der Waals surface area contributed by atoms with Gasteiger partial charge in [-0.2, -0.15) is 12.6 Å². The van der Waals surface area contributed by atoms with E-state index in [0.29, 0.717) is 5.75 Å². The van der Waals surface area contributed by atoms with Crippen LogP contribution in [0.25, 0.3) is 6.08 Å². The van der Waals surface area contributed by atoms with E-state index in [4.69, 9.17) is 14.4 Å². The zero-order valence-electron chi connectivity index (χ0n) is 13.0. The van der Waals surface area contributed by atoms with Crippen molar-refractivity contribution in [3.8, 4) is 0 Å². The van der Waals surface area contributed by atoms with Crippen molar-refractivity contribution in [2.75, 3.05) is 5.75 Å². The van der Waals surface area contributed by atoms with E-state index in [-0.39, 0.29) is 17.8 Å². The summed E-state index contributed by atoms with van der Waals surface area (Å²) in [6, 6.07) is 3.71. The van der Waals surface area contributed by atoms with Gasteiger partial charge in [-0.1, -0.05) is 6.07 Å². The molecular weight excluding hydrogens is 285 g/mol. The SMILES string of the molecule is CC1(C)OB(C(=Cc2ccc(CO)cn2)CS)OC1(C)C. The molecule has 2 rings (SSSR count). The highest BCUT2D eigenvalue weighted by molar-refractivity contribution is 7.80. The third-order valence-corrected chi connectivity index (χ3v) is 4.47. The normalized spacial score (nSPS) is 20.9. The summed E-state index contributed by atoms with van der Waals surface area (Å²) < 4.78 is 12.1. The Bertz CT molecular complexity index is 512. The van der Waals surface area contributed by atoms with Gasteiger partial charge in [0.25, 0.3) is 0 Å². The fourth-order valence-corrected chi connectivity index (χ4v) is 2.23. The summed E-state index contributed by atoms with van der Waals surface area (Å²) in [4.78, 5) is 4.30. The number of aromatic nitrogens is 1. The zero-order valence-corrected chi connectivity index (χ0v) is 13.9. The number of hydrogen-bond acceptors (Lipinski definition) is 5. The highest BCUT2D eigenvalue weighted by Gasteiger charge is 2.52. The second-order valence-corrected chi connectivity index (χ2v) is 6.53. The van der Waals surface area contributed by atoms with Crippen molar-refractivity contribution in [1.82, 2.24) is 4.98 Å². The van der Waals surface area contributed by atoms with Crippen LogP contribution in [0.5, 0.6) is 0 Å². The Morgan fingerprint density at radius 2 is 1.90 bits per heavy atom. The predicted octanol–water partition coefficient (Wildman–Crippen LogP) is 2.52. The lowest BCUT2D eigenvalue weighted by Gasteiger charge is -2.32. The molecule has 1 aliphatic rings. The molecule has 21 heavy (non-hydrogen) atoms. The minimum absolute atomic E-state index is 0.00630. The van der Waals surface area contributed by atoms with Crippen LogP contribution in [0.1, 0.15) is 39.0 Å². The van der Waals surface area contributed by atoms with E-state index in [0.717, 1.165) is 16.7 Å². The first-order valence-electron chi connectivity index (χ1n) is 7.02. The van der Waals surface area contributed by atoms with Crippen molar-refractivity contribution in [3.05, 3.63) is 35.1 Å². The molecule has 0 atom stereocenters. The van der Waals surface area contributed by atoms with Gasteiger partial charge in [0, 0.05) is 11.9 Å². The highest BCUT2D eigenvalue weighted by Crippen LogP contribution is 2.38. The summed E-state index contributed by atoms with van der Waals surface area (Å²) in [5, 5.41) is 9.04. The number of rotatable bonds is 4. The van der Waals surface area contributed by atoms with Crippen molar-refractivity contribution in [2.24, 2.45) is 0 Å². The Kier molecular flexibility index (Phi) is 4.83. The maximum atomic E-state index is 9.04. The van der Waals surface area contributed by atoms with Gasteiger partial charge in [0.05, 0.1) is 23.5 Å². The molecular formula is C15H22BNO3S. The molecule has 0 amide bonds. The van der Waals surface area contributed by atoms with Gasteiger partial charge in [0.1, 0.15) is 0 Å². The first-order valence-corrected chi connectivity index (χ1v) is 7.65. The monoisotopic (exact) mass is 307 g/mol. The van der Waals surface area contributed by atoms with Crippen LogP contribution in [-0.2, 0) is 15.9 Å². The average molecular weight is 307 g/mol. The van der Waals surface area contributed by atoms with Crippen LogP contribution in [0, 0.1) is 0 Å². The van der Waals surface area contributed by atoms with Crippen molar-refractivity contribution >= 4 is 25.8 Å². The fraction of sp³-hybridized carbons (Fsp3) is 0.533. The Balaban J connectivity index is 2.22. The molecule has 6 heteroatoms. The molecule has 1 aromatic heterocycles. The molecule has 2 heterocycles. The molecule has 0 spiro atoms. The molecule has 114 valence electrons. The molecule has 0 aromatic carbocycles. The average Bonchev–Trinajstić information content (AvgIpc) is 2.65. The Labute approximate surface area is 132 Å². The number of aliphatic hydroxyl groups is 1. The van der Waals surface area contributed by atoms with E-state index in [9.17, 15) is 0 Å². The summed E-state index contributed by atoms with van der Waals surface area (Å²) in [6.45, 7) is 8.09. The minimum Gasteiger partial charge on any atom is -0.400 e. The topological polar surface area (TPSA) is 51.6 Å². The highest BCUT2D eigenvalue weighted by atomic mass is 32.1. The lowest BCUT2D eigenvalue weighted by Crippen LogP contribution is -2.41. The number of hydrogen-bond donors (Lipinski definition) is 2. The summed E-state index contributed by atoms with van der Waals surface area (Å²) in [6.07, 6.45) is 3.59. The molecule has 0 unspecified atom stereocenters. The summed E-state index contributed by atoms with van der Waals surface area (Å²) in [5.74, 6) is 0.528. The second-order valence-electron chi connectivity index (χ2n) is 6.22. The van der Waals surface area contributed by atoms with Crippen LogP contribution in [0.2, 0.25) is 0 Å². The summed E-state index contributed by atoms with van der Waals surface area (Å²) in [7, 11) is -0.410. The van der Waals surface area contributed by atoms with Gasteiger partial charge in [-0.05, 0) is 50.9 Å². The molecule has 0 saturated carbocycles. The van der Waals surface area contributed by atoms with Gasteiger partial charge < -0.3 is 14.4 Å². The number of aliphatic hydroxyl groups excluding tert-OH is 1. The van der Waals surface area contributed by atoms with Crippen molar-refractivity contribution in [1.29, 1.82) is 0 Å². The minimum atomic E-state index is -0.410. The second kappa shape index (κ2) is 6.12. The molecule has 1 N–H and O–H groups in total. The smallest absolute Gasteiger partial charge is 0.400 e. The predicted molar refractivity (Wildman–Crippen MR) is 88.1 cm³/mol. The number of pyridine rings is 1. The Hall–Kier alpha value is -0.815. The van der Waals surface area contributed by atoms with Crippen LogP contribution in [-0.4, -0.2) is 34.2 Å². The van der Waals surface area contributed by atoms with Crippen LogP contribution in [0.15, 0.2) is 23.8 Å². The van der Waals surface area contributed by atoms with Crippen LogP contribution in [0.3, 0.4) is 0 Å². The van der Waals surface area contributed by atoms with E-state index in [1.165, 1.54) is 0 Å². The Morgan fingerprint density at radius 1 is 1.29 bits per heavy atom. The van der Waals surface area contributed by atoms with Crippen molar-refractivity contribution in [2.45, 2.75) is 45.5 Å². The largest absolute Gasteiger partial charge is 0.491 e. The van der Waals surface area contributed by atoms with E-state index in [1.54, 1.807) is 6.20 Å². The number of nitrogens with zero attached hydrogens (tertiary/aromatic N) is 1. The third kappa shape index (κ3) is 3.51. The van der Waals surface area contributed by atoms with Crippen LogP contribution >= 0.6 is 12.6 Å². The first kappa shape index (κ1) is 16.6. The lowest BCUT2D eigenvalue weighted by molar-refractivity contribution is 0.00578. The maximum absolute atomic E-state index is 9.04. The molecule has 1 saturated heterocycles. The molecule has 0 radical (unpaired) electrons. The molecule has 4 nitrogen and oxygen atoms in total. The summed E-state index contributed by atoms with van der Waals surface area (Å²) in [5.41, 5.74) is 1.78. The van der Waals surface area contributed by atoms with Crippen molar-refractivity contribution < 1.29 is 14.4 Å². The van der Waals surface area contributed by atoms with Gasteiger partial charge >= 0.3 is 7.12 Å². The first-order chi connectivity index (χ1) is 9.79. The van der Waals surface area contributed by atoms with Gasteiger partial charge in [-0.15, -0.1) is 0 Å². The van der Waals surface area contributed by atoms with Gasteiger partial charge in [-0.25, -0.2) is 0 Å². The lowest BCUT2D eigenvalue weighted by atomic mass is 9.78. The quantitative estimate of drug-likeness (QED) is 0.663. The van der Waals surface area contributed by atoms with E-state index in [2.05, 4.69) is 17.6 Å². The standard InChI is InChI=1S/C15H22BNO3S/c1-14(2)15(3,4)20-16(19-14)12(10-21)7-13-6-5-11(9-18)8-17-13/h5-8,18,21H,9-10H2,1-4H3. The zero-order chi connectivity index (χ0) is 15.7.